The lowest BCUT2D eigenvalue weighted by molar-refractivity contribution is 0.0918. The van der Waals surface area contributed by atoms with E-state index in [1.807, 2.05) is 0 Å². The van der Waals surface area contributed by atoms with E-state index >= 15 is 0 Å². The molecule has 138 valence electrons. The van der Waals surface area contributed by atoms with Gasteiger partial charge in [-0.1, -0.05) is 19.1 Å². The molecule has 2 aromatic rings. The van der Waals surface area contributed by atoms with Crippen LogP contribution in [0.4, 0.5) is 4.39 Å². The summed E-state index contributed by atoms with van der Waals surface area (Å²) in [7, 11) is 0. The molecule has 2 N–H and O–H groups in total. The summed E-state index contributed by atoms with van der Waals surface area (Å²) in [4.78, 5) is 16.6. The smallest absolute Gasteiger partial charge is 0.270 e. The van der Waals surface area contributed by atoms with Gasteiger partial charge in [0.15, 0.2) is 0 Å². The van der Waals surface area contributed by atoms with Crippen LogP contribution in [0.2, 0.25) is 0 Å². The van der Waals surface area contributed by atoms with Crippen molar-refractivity contribution < 1.29 is 9.18 Å². The van der Waals surface area contributed by atoms with Gasteiger partial charge >= 0.3 is 0 Å². The Labute approximate surface area is 163 Å². The lowest BCUT2D eigenvalue weighted by atomic mass is 9.81. The van der Waals surface area contributed by atoms with E-state index in [4.69, 9.17) is 0 Å². The molecule has 1 fully saturated rings. The first-order valence-corrected chi connectivity index (χ1v) is 8.65. The molecule has 1 amide bonds. The Morgan fingerprint density at radius 3 is 2.68 bits per heavy atom. The lowest BCUT2D eigenvalue weighted by Crippen LogP contribution is -2.42. The van der Waals surface area contributed by atoms with Gasteiger partial charge in [-0.2, -0.15) is 0 Å². The Balaban J connectivity index is 0.00000156. The molecule has 25 heavy (non-hydrogen) atoms. The van der Waals surface area contributed by atoms with Crippen LogP contribution in [0.3, 0.4) is 0 Å². The van der Waals surface area contributed by atoms with Gasteiger partial charge in [0.1, 0.15) is 16.5 Å². The number of amides is 1. The highest BCUT2D eigenvalue weighted by atomic mass is 35.5. The molecule has 8 heteroatoms. The second kappa shape index (κ2) is 9.48. The largest absolute Gasteiger partial charge is 0.350 e. The molecular weight excluding hydrogens is 384 g/mol. The Kier molecular flexibility index (Phi) is 8.28. The minimum atomic E-state index is -0.323. The maximum absolute atomic E-state index is 13.8. The summed E-state index contributed by atoms with van der Waals surface area (Å²) in [5.41, 5.74) is 0.915. The van der Waals surface area contributed by atoms with Gasteiger partial charge in [0.05, 0.1) is 0 Å². The van der Waals surface area contributed by atoms with Crippen molar-refractivity contribution >= 4 is 42.1 Å². The number of carbonyl (C=O) groups is 1. The number of carbonyl (C=O) groups excluding carboxylic acids is 1. The monoisotopic (exact) mass is 405 g/mol. The fourth-order valence-corrected chi connectivity index (χ4v) is 3.55. The van der Waals surface area contributed by atoms with E-state index in [-0.39, 0.29) is 42.0 Å². The summed E-state index contributed by atoms with van der Waals surface area (Å²) < 4.78 is 13.8. The highest BCUT2D eigenvalue weighted by Crippen LogP contribution is 2.28. The molecule has 0 saturated carbocycles. The molecule has 0 atom stereocenters. The van der Waals surface area contributed by atoms with Crippen LogP contribution in [0.5, 0.6) is 0 Å². The second-order valence-corrected chi connectivity index (χ2v) is 7.12. The molecule has 0 bridgehead atoms. The molecule has 4 nitrogen and oxygen atoms in total. The number of nitrogens with zero attached hydrogens (tertiary/aromatic N) is 1. The lowest BCUT2D eigenvalue weighted by Gasteiger charge is -2.34. The number of piperidine rings is 1. The van der Waals surface area contributed by atoms with E-state index in [0.29, 0.717) is 22.8 Å². The summed E-state index contributed by atoms with van der Waals surface area (Å²) in [5, 5.41) is 8.51. The molecule has 3 rings (SSSR count). The quantitative estimate of drug-likeness (QED) is 0.810. The number of thiazole rings is 1. The third-order valence-corrected chi connectivity index (χ3v) is 5.20. The van der Waals surface area contributed by atoms with Crippen LogP contribution in [0, 0.1) is 11.2 Å². The van der Waals surface area contributed by atoms with Crippen molar-refractivity contribution in [2.24, 2.45) is 5.41 Å². The van der Waals surface area contributed by atoms with E-state index in [1.165, 1.54) is 17.4 Å². The predicted molar refractivity (Wildman–Crippen MR) is 105 cm³/mol. The fraction of sp³-hybridized carbons (Fsp3) is 0.412. The van der Waals surface area contributed by atoms with E-state index in [2.05, 4.69) is 22.5 Å². The Hall–Kier alpha value is -1.21. The Morgan fingerprint density at radius 1 is 1.32 bits per heavy atom. The van der Waals surface area contributed by atoms with E-state index in [1.54, 1.807) is 23.6 Å². The molecule has 0 spiro atoms. The number of halogens is 3. The van der Waals surface area contributed by atoms with Gasteiger partial charge in [0.25, 0.3) is 5.91 Å². The summed E-state index contributed by atoms with van der Waals surface area (Å²) >= 11 is 1.28. The molecule has 1 aromatic carbocycles. The van der Waals surface area contributed by atoms with Crippen molar-refractivity contribution in [2.45, 2.75) is 19.8 Å². The molecule has 1 aliphatic rings. The first-order valence-electron chi connectivity index (χ1n) is 7.77. The zero-order chi connectivity index (χ0) is 16.3. The van der Waals surface area contributed by atoms with Crippen molar-refractivity contribution in [1.82, 2.24) is 15.6 Å². The number of hydrogen-bond acceptors (Lipinski definition) is 4. The van der Waals surface area contributed by atoms with Gasteiger partial charge in [0.2, 0.25) is 0 Å². The highest BCUT2D eigenvalue weighted by molar-refractivity contribution is 7.13. The van der Waals surface area contributed by atoms with Gasteiger partial charge in [-0.05, 0) is 43.5 Å². The normalized spacial score (nSPS) is 15.6. The number of nitrogens with one attached hydrogen (secondary N) is 2. The first-order chi connectivity index (χ1) is 11.1. The van der Waals surface area contributed by atoms with Crippen molar-refractivity contribution in [2.75, 3.05) is 19.6 Å². The molecule has 1 aliphatic heterocycles. The number of aromatic nitrogens is 1. The summed E-state index contributed by atoms with van der Waals surface area (Å²) in [5.74, 6) is -0.514. The van der Waals surface area contributed by atoms with Gasteiger partial charge in [-0.25, -0.2) is 9.37 Å². The van der Waals surface area contributed by atoms with Crippen LogP contribution < -0.4 is 10.6 Å². The third-order valence-electron chi connectivity index (χ3n) is 4.33. The minimum absolute atomic E-state index is 0. The molecule has 1 aromatic heterocycles. The van der Waals surface area contributed by atoms with Gasteiger partial charge < -0.3 is 10.6 Å². The molecule has 0 radical (unpaired) electrons. The number of benzene rings is 1. The third kappa shape index (κ3) is 5.38. The minimum Gasteiger partial charge on any atom is -0.350 e. The SMILES string of the molecule is CC1(CNC(=O)c2csc(-c3ccccc3F)n2)CCNCC1.Cl.Cl. The van der Waals surface area contributed by atoms with Crippen LogP contribution in [0.1, 0.15) is 30.3 Å². The number of hydrogen-bond donors (Lipinski definition) is 2. The average molecular weight is 406 g/mol. The van der Waals surface area contributed by atoms with Crippen LogP contribution >= 0.6 is 36.2 Å². The van der Waals surface area contributed by atoms with E-state index < -0.39 is 0 Å². The summed E-state index contributed by atoms with van der Waals surface area (Å²) in [6, 6.07) is 6.47. The van der Waals surface area contributed by atoms with E-state index in [0.717, 1.165) is 25.9 Å². The van der Waals surface area contributed by atoms with Crippen molar-refractivity contribution in [3.8, 4) is 10.6 Å². The molecule has 0 aliphatic carbocycles. The average Bonchev–Trinajstić information content (AvgIpc) is 3.04. The summed E-state index contributed by atoms with van der Waals surface area (Å²) in [6.45, 7) is 4.81. The fourth-order valence-electron chi connectivity index (χ4n) is 2.73. The van der Waals surface area contributed by atoms with Crippen LogP contribution in [-0.2, 0) is 0 Å². The first kappa shape index (κ1) is 21.8. The van der Waals surface area contributed by atoms with Gasteiger partial charge in [-0.15, -0.1) is 36.2 Å². The molecule has 0 unspecified atom stereocenters. The van der Waals surface area contributed by atoms with Crippen LogP contribution in [0.15, 0.2) is 29.6 Å². The topological polar surface area (TPSA) is 54.0 Å². The van der Waals surface area contributed by atoms with Crippen molar-refractivity contribution in [3.63, 3.8) is 0 Å². The maximum Gasteiger partial charge on any atom is 0.270 e. The Bertz CT molecular complexity index is 705. The molecule has 2 heterocycles. The van der Waals surface area contributed by atoms with Crippen molar-refractivity contribution in [1.29, 1.82) is 0 Å². The van der Waals surface area contributed by atoms with Crippen molar-refractivity contribution in [3.05, 3.63) is 41.2 Å². The van der Waals surface area contributed by atoms with Crippen LogP contribution in [-0.4, -0.2) is 30.5 Å². The van der Waals surface area contributed by atoms with Gasteiger partial charge in [-0.3, -0.25) is 4.79 Å². The maximum atomic E-state index is 13.8. The highest BCUT2D eigenvalue weighted by Gasteiger charge is 2.27. The number of rotatable bonds is 4. The summed E-state index contributed by atoms with van der Waals surface area (Å²) in [6.07, 6.45) is 2.09. The van der Waals surface area contributed by atoms with Crippen LogP contribution in [0.25, 0.3) is 10.6 Å². The second-order valence-electron chi connectivity index (χ2n) is 6.26. The predicted octanol–water partition coefficient (Wildman–Crippen LogP) is 3.91. The van der Waals surface area contributed by atoms with Gasteiger partial charge in [0, 0.05) is 17.5 Å². The standard InChI is InChI=1S/C17H20FN3OS.2ClH/c1-17(6-8-19-9-7-17)11-20-15(22)14-10-23-16(21-14)12-4-2-3-5-13(12)18;;/h2-5,10,19H,6-9,11H2,1H3,(H,20,22);2*1H. The molecule has 1 saturated heterocycles. The zero-order valence-corrected chi connectivity index (χ0v) is 16.3. The Morgan fingerprint density at radius 2 is 2.00 bits per heavy atom. The van der Waals surface area contributed by atoms with E-state index in [9.17, 15) is 9.18 Å². The molecular formula is C17H22Cl2FN3OS. The zero-order valence-electron chi connectivity index (χ0n) is 13.9.